The summed E-state index contributed by atoms with van der Waals surface area (Å²) in [6.45, 7) is 4.68. The van der Waals surface area contributed by atoms with E-state index >= 15 is 0 Å². The molecule has 0 aromatic heterocycles. The van der Waals surface area contributed by atoms with Crippen LogP contribution in [-0.2, 0) is 0 Å². The molecule has 0 saturated heterocycles. The summed E-state index contributed by atoms with van der Waals surface area (Å²) in [5, 5.41) is 19.8. The fourth-order valence-electron chi connectivity index (χ4n) is 1.77. The minimum absolute atomic E-state index is 0.0802. The molecule has 1 aromatic carbocycles. The summed E-state index contributed by atoms with van der Waals surface area (Å²) in [7, 11) is 1.75. The van der Waals surface area contributed by atoms with Gasteiger partial charge in [-0.2, -0.15) is 0 Å². The molecule has 0 spiro atoms. The number of carboxylic acid groups (broad SMARTS) is 1. The number of carbonyl (C=O) groups is 1. The third-order valence-electron chi connectivity index (χ3n) is 2.47. The molecule has 1 aromatic rings. The molecule has 6 nitrogen and oxygen atoms in total. The average molecular weight is 252 g/mol. The summed E-state index contributed by atoms with van der Waals surface area (Å²) in [6.07, 6.45) is 0. The number of benzene rings is 1. The van der Waals surface area contributed by atoms with Crippen LogP contribution in [0.5, 0.6) is 0 Å². The van der Waals surface area contributed by atoms with Crippen LogP contribution in [0.25, 0.3) is 0 Å². The molecule has 0 heterocycles. The molecule has 0 radical (unpaired) electrons. The van der Waals surface area contributed by atoms with Gasteiger partial charge in [-0.05, 0) is 18.1 Å². The van der Waals surface area contributed by atoms with E-state index in [1.807, 2.05) is 13.8 Å². The van der Waals surface area contributed by atoms with E-state index in [9.17, 15) is 14.9 Å². The summed E-state index contributed by atoms with van der Waals surface area (Å²) >= 11 is 0. The molecule has 1 N–H and O–H groups in total. The van der Waals surface area contributed by atoms with Crippen molar-refractivity contribution in [3.05, 3.63) is 33.9 Å². The summed E-state index contributed by atoms with van der Waals surface area (Å²) in [4.78, 5) is 23.0. The van der Waals surface area contributed by atoms with Crippen LogP contribution in [-0.4, -0.2) is 29.6 Å². The molecule has 0 unspecified atom stereocenters. The molecular formula is C12H16N2O4. The van der Waals surface area contributed by atoms with E-state index in [2.05, 4.69) is 0 Å². The van der Waals surface area contributed by atoms with E-state index in [1.165, 1.54) is 12.1 Å². The Morgan fingerprint density at radius 2 is 2.11 bits per heavy atom. The van der Waals surface area contributed by atoms with Crippen molar-refractivity contribution >= 4 is 17.3 Å². The Morgan fingerprint density at radius 3 is 2.56 bits per heavy atom. The standard InChI is InChI=1S/C12H16N2O4/c1-8(2)7-13(3)10-5-4-9(12(15)16)6-11(10)14(17)18/h4-6,8H,7H2,1-3H3,(H,15,16). The van der Waals surface area contributed by atoms with Gasteiger partial charge in [0.1, 0.15) is 5.69 Å². The smallest absolute Gasteiger partial charge is 0.335 e. The third kappa shape index (κ3) is 3.19. The lowest BCUT2D eigenvalue weighted by Crippen LogP contribution is -2.23. The monoisotopic (exact) mass is 252 g/mol. The summed E-state index contributed by atoms with van der Waals surface area (Å²) < 4.78 is 0. The van der Waals surface area contributed by atoms with E-state index < -0.39 is 10.9 Å². The first-order chi connectivity index (χ1) is 8.32. The van der Waals surface area contributed by atoms with Crippen LogP contribution < -0.4 is 4.90 Å². The number of nitrogens with zero attached hydrogens (tertiary/aromatic N) is 2. The molecule has 18 heavy (non-hydrogen) atoms. The van der Waals surface area contributed by atoms with Gasteiger partial charge >= 0.3 is 5.97 Å². The Hall–Kier alpha value is -2.11. The van der Waals surface area contributed by atoms with Crippen LogP contribution >= 0.6 is 0 Å². The lowest BCUT2D eigenvalue weighted by atomic mass is 10.1. The second kappa shape index (κ2) is 5.48. The number of carboxylic acids is 1. The third-order valence-corrected chi connectivity index (χ3v) is 2.47. The Morgan fingerprint density at radius 1 is 1.50 bits per heavy atom. The van der Waals surface area contributed by atoms with Crippen LogP contribution in [0.4, 0.5) is 11.4 Å². The Kier molecular flexibility index (Phi) is 4.25. The second-order valence-electron chi connectivity index (χ2n) is 4.54. The van der Waals surface area contributed by atoms with Gasteiger partial charge in [-0.3, -0.25) is 10.1 Å². The van der Waals surface area contributed by atoms with Crippen molar-refractivity contribution in [3.8, 4) is 0 Å². The number of aromatic carboxylic acids is 1. The predicted molar refractivity (Wildman–Crippen MR) is 68.2 cm³/mol. The van der Waals surface area contributed by atoms with Crippen molar-refractivity contribution in [2.24, 2.45) is 5.92 Å². The molecule has 0 atom stereocenters. The zero-order valence-corrected chi connectivity index (χ0v) is 10.6. The first-order valence-electron chi connectivity index (χ1n) is 5.55. The van der Waals surface area contributed by atoms with Crippen molar-refractivity contribution in [2.45, 2.75) is 13.8 Å². The van der Waals surface area contributed by atoms with Gasteiger partial charge in [0.25, 0.3) is 5.69 Å². The number of nitro benzene ring substituents is 1. The van der Waals surface area contributed by atoms with Crippen LogP contribution in [0.2, 0.25) is 0 Å². The van der Waals surface area contributed by atoms with Gasteiger partial charge in [0.05, 0.1) is 10.5 Å². The van der Waals surface area contributed by atoms with Crippen molar-refractivity contribution in [2.75, 3.05) is 18.5 Å². The number of rotatable bonds is 5. The first-order valence-corrected chi connectivity index (χ1v) is 5.55. The topological polar surface area (TPSA) is 83.7 Å². The van der Waals surface area contributed by atoms with Gasteiger partial charge in [-0.25, -0.2) is 4.79 Å². The predicted octanol–water partition coefficient (Wildman–Crippen LogP) is 2.39. The normalized spacial score (nSPS) is 10.4. The molecule has 1 rings (SSSR count). The highest BCUT2D eigenvalue weighted by Crippen LogP contribution is 2.28. The number of hydrogen-bond acceptors (Lipinski definition) is 4. The molecule has 98 valence electrons. The van der Waals surface area contributed by atoms with Gasteiger partial charge in [-0.15, -0.1) is 0 Å². The van der Waals surface area contributed by atoms with Crippen molar-refractivity contribution in [1.82, 2.24) is 0 Å². The van der Waals surface area contributed by atoms with Gasteiger partial charge in [0, 0.05) is 19.7 Å². The zero-order valence-electron chi connectivity index (χ0n) is 10.6. The van der Waals surface area contributed by atoms with Crippen LogP contribution in [0.1, 0.15) is 24.2 Å². The number of anilines is 1. The highest BCUT2D eigenvalue weighted by atomic mass is 16.6. The fraction of sp³-hybridized carbons (Fsp3) is 0.417. The highest BCUT2D eigenvalue weighted by Gasteiger charge is 2.20. The minimum Gasteiger partial charge on any atom is -0.478 e. The Labute approximate surface area is 105 Å². The number of nitro groups is 1. The van der Waals surface area contributed by atoms with E-state index in [1.54, 1.807) is 11.9 Å². The maximum Gasteiger partial charge on any atom is 0.335 e. The highest BCUT2D eigenvalue weighted by molar-refractivity contribution is 5.89. The van der Waals surface area contributed by atoms with Gasteiger partial charge in [-0.1, -0.05) is 13.8 Å². The lowest BCUT2D eigenvalue weighted by Gasteiger charge is -2.21. The molecule has 0 saturated carbocycles. The van der Waals surface area contributed by atoms with Gasteiger partial charge in [0.2, 0.25) is 0 Å². The molecule has 6 heteroatoms. The summed E-state index contributed by atoms with van der Waals surface area (Å²) in [5.74, 6) is -0.815. The minimum atomic E-state index is -1.17. The largest absolute Gasteiger partial charge is 0.478 e. The SMILES string of the molecule is CC(C)CN(C)c1ccc(C(=O)O)cc1[N+](=O)[O-]. The molecule has 0 amide bonds. The molecule has 0 aliphatic carbocycles. The van der Waals surface area contributed by atoms with E-state index in [4.69, 9.17) is 5.11 Å². The molecule has 0 aliphatic heterocycles. The zero-order chi connectivity index (χ0) is 13.9. The maximum atomic E-state index is 11.0. The van der Waals surface area contributed by atoms with Gasteiger partial charge < -0.3 is 10.0 Å². The molecular weight excluding hydrogens is 236 g/mol. The maximum absolute atomic E-state index is 11.0. The molecule has 0 aliphatic rings. The Bertz CT molecular complexity index is 471. The van der Waals surface area contributed by atoms with E-state index in [0.717, 1.165) is 6.07 Å². The van der Waals surface area contributed by atoms with Gasteiger partial charge in [0.15, 0.2) is 0 Å². The average Bonchev–Trinajstić information content (AvgIpc) is 2.26. The van der Waals surface area contributed by atoms with Crippen LogP contribution in [0.3, 0.4) is 0 Å². The van der Waals surface area contributed by atoms with Crippen molar-refractivity contribution < 1.29 is 14.8 Å². The van der Waals surface area contributed by atoms with Crippen LogP contribution in [0.15, 0.2) is 18.2 Å². The quantitative estimate of drug-likeness (QED) is 0.642. The van der Waals surface area contributed by atoms with E-state index in [0.29, 0.717) is 18.2 Å². The summed E-state index contributed by atoms with van der Waals surface area (Å²) in [6, 6.07) is 3.94. The lowest BCUT2D eigenvalue weighted by molar-refractivity contribution is -0.384. The molecule has 0 fully saturated rings. The fourth-order valence-corrected chi connectivity index (χ4v) is 1.77. The number of hydrogen-bond donors (Lipinski definition) is 1. The Balaban J connectivity index is 3.19. The first kappa shape index (κ1) is 14.0. The van der Waals surface area contributed by atoms with Crippen molar-refractivity contribution in [1.29, 1.82) is 0 Å². The van der Waals surface area contributed by atoms with E-state index in [-0.39, 0.29) is 11.3 Å². The van der Waals surface area contributed by atoms with Crippen molar-refractivity contribution in [3.63, 3.8) is 0 Å². The molecule has 0 bridgehead atoms. The summed E-state index contributed by atoms with van der Waals surface area (Å²) in [5.41, 5.74) is 0.167. The van der Waals surface area contributed by atoms with Crippen LogP contribution in [0, 0.1) is 16.0 Å². The second-order valence-corrected chi connectivity index (χ2v) is 4.54.